The molecule has 0 atom stereocenters. The van der Waals surface area contributed by atoms with E-state index in [0.717, 1.165) is 31.0 Å². The molecule has 166 valence electrons. The van der Waals surface area contributed by atoms with Crippen LogP contribution in [0.1, 0.15) is 24.2 Å². The molecule has 2 aromatic carbocycles. The van der Waals surface area contributed by atoms with Crippen LogP contribution in [0.4, 0.5) is 5.69 Å². The summed E-state index contributed by atoms with van der Waals surface area (Å²) < 4.78 is 30.1. The maximum absolute atomic E-state index is 12.7. The van der Waals surface area contributed by atoms with E-state index in [2.05, 4.69) is 28.8 Å². The molecular formula is C21H26N4O4S2. The monoisotopic (exact) mass is 462 g/mol. The molecular weight excluding hydrogens is 436 g/mol. The third-order valence-electron chi connectivity index (χ3n) is 5.08. The molecule has 0 aliphatic heterocycles. The summed E-state index contributed by atoms with van der Waals surface area (Å²) in [6, 6.07) is 10.8. The average Bonchev–Trinajstić information content (AvgIpc) is 3.04. The first-order valence-electron chi connectivity index (χ1n) is 9.98. The van der Waals surface area contributed by atoms with Gasteiger partial charge in [-0.2, -0.15) is 0 Å². The van der Waals surface area contributed by atoms with E-state index in [0.29, 0.717) is 28.0 Å². The fourth-order valence-electron chi connectivity index (χ4n) is 3.15. The Morgan fingerprint density at radius 2 is 1.77 bits per heavy atom. The number of hydrogen-bond acceptors (Lipinski definition) is 6. The van der Waals surface area contributed by atoms with Crippen molar-refractivity contribution in [2.24, 2.45) is 7.05 Å². The zero-order chi connectivity index (χ0) is 22.6. The van der Waals surface area contributed by atoms with E-state index in [1.807, 2.05) is 0 Å². The van der Waals surface area contributed by atoms with Crippen LogP contribution in [-0.2, 0) is 17.1 Å². The molecule has 1 heterocycles. The summed E-state index contributed by atoms with van der Waals surface area (Å²) in [7, 11) is -2.18. The number of fused-ring (bicyclic) bond motifs is 1. The van der Waals surface area contributed by atoms with Gasteiger partial charge < -0.3 is 14.8 Å². The highest BCUT2D eigenvalue weighted by atomic mass is 32.2. The lowest BCUT2D eigenvalue weighted by atomic mass is 10.2. The first-order chi connectivity index (χ1) is 14.7. The fraction of sp³-hybridized carbons (Fsp3) is 0.333. The molecule has 1 amide bonds. The molecule has 2 N–H and O–H groups in total. The summed E-state index contributed by atoms with van der Waals surface area (Å²) in [4.78, 5) is 26.2. The maximum Gasteiger partial charge on any atom is 0.307 e. The van der Waals surface area contributed by atoms with Crippen LogP contribution in [0.2, 0.25) is 0 Å². The Hall–Kier alpha value is -2.69. The summed E-state index contributed by atoms with van der Waals surface area (Å²) in [5, 5.41) is 2.87. The summed E-state index contributed by atoms with van der Waals surface area (Å²) in [6.45, 7) is 7.32. The smallest absolute Gasteiger partial charge is 0.307 e. The number of aryl methyl sites for hydroxylation is 1. The van der Waals surface area contributed by atoms with Gasteiger partial charge in [-0.15, -0.1) is 0 Å². The summed E-state index contributed by atoms with van der Waals surface area (Å²) in [6.07, 6.45) is 0. The van der Waals surface area contributed by atoms with Crippen molar-refractivity contribution in [3.05, 3.63) is 57.7 Å². The Labute approximate surface area is 185 Å². The van der Waals surface area contributed by atoms with Crippen LogP contribution >= 0.6 is 11.3 Å². The zero-order valence-corrected chi connectivity index (χ0v) is 19.3. The molecule has 0 saturated carbocycles. The third kappa shape index (κ3) is 5.33. The number of amides is 1. The quantitative estimate of drug-likeness (QED) is 0.509. The summed E-state index contributed by atoms with van der Waals surface area (Å²) in [5.74, 6) is -0.203. The highest BCUT2D eigenvalue weighted by Crippen LogP contribution is 2.23. The van der Waals surface area contributed by atoms with E-state index in [9.17, 15) is 18.0 Å². The van der Waals surface area contributed by atoms with Gasteiger partial charge in [0.25, 0.3) is 15.9 Å². The van der Waals surface area contributed by atoms with Gasteiger partial charge in [0.1, 0.15) is 0 Å². The Kier molecular flexibility index (Phi) is 7.14. The van der Waals surface area contributed by atoms with Crippen LogP contribution in [0.5, 0.6) is 0 Å². The van der Waals surface area contributed by atoms with Crippen LogP contribution < -0.4 is 14.9 Å². The maximum atomic E-state index is 12.7. The van der Waals surface area contributed by atoms with Gasteiger partial charge in [0, 0.05) is 31.4 Å². The molecule has 0 saturated heterocycles. The van der Waals surface area contributed by atoms with Crippen LogP contribution in [0.25, 0.3) is 10.2 Å². The number of carbonyl (C=O) groups excluding carboxylic acids is 1. The molecule has 0 fully saturated rings. The van der Waals surface area contributed by atoms with E-state index >= 15 is 0 Å². The molecule has 3 aromatic rings. The Balaban J connectivity index is 1.67. The molecule has 0 aliphatic rings. The van der Waals surface area contributed by atoms with Gasteiger partial charge in [-0.25, -0.2) is 8.42 Å². The van der Waals surface area contributed by atoms with Crippen LogP contribution in [0.15, 0.2) is 52.2 Å². The second-order valence-electron chi connectivity index (χ2n) is 7.02. The summed E-state index contributed by atoms with van der Waals surface area (Å²) >= 11 is 0.999. The zero-order valence-electron chi connectivity index (χ0n) is 17.7. The van der Waals surface area contributed by atoms with Crippen molar-refractivity contribution in [3.8, 4) is 0 Å². The van der Waals surface area contributed by atoms with Gasteiger partial charge in [-0.1, -0.05) is 25.2 Å². The first-order valence-corrected chi connectivity index (χ1v) is 12.3. The SMILES string of the molecule is CCN(CC)CCNC(=O)c1ccc(NS(=O)(=O)c2ccc3c(c2)sc(=O)n3C)cc1. The van der Waals surface area contributed by atoms with E-state index in [1.54, 1.807) is 37.4 Å². The lowest BCUT2D eigenvalue weighted by Crippen LogP contribution is -2.34. The van der Waals surface area contributed by atoms with Gasteiger partial charge in [0.2, 0.25) is 0 Å². The number of aromatic nitrogens is 1. The van der Waals surface area contributed by atoms with Crippen LogP contribution in [0.3, 0.4) is 0 Å². The minimum absolute atomic E-state index is 0.0695. The molecule has 3 rings (SSSR count). The third-order valence-corrected chi connectivity index (χ3v) is 7.46. The van der Waals surface area contributed by atoms with Crippen molar-refractivity contribution in [2.45, 2.75) is 18.7 Å². The van der Waals surface area contributed by atoms with Gasteiger partial charge in [-0.05, 0) is 55.6 Å². The van der Waals surface area contributed by atoms with Crippen molar-refractivity contribution in [2.75, 3.05) is 30.9 Å². The van der Waals surface area contributed by atoms with Crippen LogP contribution in [-0.4, -0.2) is 50.0 Å². The van der Waals surface area contributed by atoms with Crippen molar-refractivity contribution < 1.29 is 13.2 Å². The topological polar surface area (TPSA) is 101 Å². The number of nitrogens with one attached hydrogen (secondary N) is 2. The molecule has 31 heavy (non-hydrogen) atoms. The molecule has 1 aromatic heterocycles. The standard InChI is InChI=1S/C21H26N4O4S2/c1-4-25(5-2)13-12-22-20(26)15-6-8-16(9-7-15)23-31(28,29)17-10-11-18-19(14-17)30-21(27)24(18)3/h6-11,14,23H,4-5,12-13H2,1-3H3,(H,22,26). The highest BCUT2D eigenvalue weighted by Gasteiger charge is 2.17. The number of rotatable bonds is 9. The average molecular weight is 463 g/mol. The Morgan fingerprint density at radius 3 is 2.42 bits per heavy atom. The van der Waals surface area contributed by atoms with E-state index in [1.165, 1.54) is 16.7 Å². The predicted octanol–water partition coefficient (Wildman–Crippen LogP) is 2.47. The molecule has 0 spiro atoms. The van der Waals surface area contributed by atoms with Crippen molar-refractivity contribution in [1.82, 2.24) is 14.8 Å². The normalized spacial score (nSPS) is 11.7. The highest BCUT2D eigenvalue weighted by molar-refractivity contribution is 7.92. The molecule has 8 nitrogen and oxygen atoms in total. The van der Waals surface area contributed by atoms with Gasteiger partial charge in [0.15, 0.2) is 0 Å². The predicted molar refractivity (Wildman–Crippen MR) is 124 cm³/mol. The molecule has 0 unspecified atom stereocenters. The Morgan fingerprint density at radius 1 is 1.10 bits per heavy atom. The second-order valence-corrected chi connectivity index (χ2v) is 9.70. The minimum atomic E-state index is -3.83. The van der Waals surface area contributed by atoms with Gasteiger partial charge in [0.05, 0.1) is 15.1 Å². The molecule has 0 radical (unpaired) electrons. The Bertz CT molecular complexity index is 1230. The molecule has 0 bridgehead atoms. The van der Waals surface area contributed by atoms with Gasteiger partial charge in [-0.3, -0.25) is 14.3 Å². The number of sulfonamides is 1. The lowest BCUT2D eigenvalue weighted by molar-refractivity contribution is 0.0949. The molecule has 0 aliphatic carbocycles. The van der Waals surface area contributed by atoms with Gasteiger partial charge >= 0.3 is 4.87 Å². The second kappa shape index (κ2) is 9.63. The number of thiazole rings is 1. The number of likely N-dealkylation sites (N-methyl/N-ethyl adjacent to an activating group) is 1. The first kappa shape index (κ1) is 23.0. The van der Waals surface area contributed by atoms with Crippen molar-refractivity contribution in [1.29, 1.82) is 0 Å². The van der Waals surface area contributed by atoms with E-state index in [4.69, 9.17) is 0 Å². The number of benzene rings is 2. The number of carbonyl (C=O) groups is 1. The summed E-state index contributed by atoms with van der Waals surface area (Å²) in [5.41, 5.74) is 1.49. The van der Waals surface area contributed by atoms with Crippen molar-refractivity contribution in [3.63, 3.8) is 0 Å². The number of hydrogen-bond donors (Lipinski definition) is 2. The lowest BCUT2D eigenvalue weighted by Gasteiger charge is -2.18. The fourth-order valence-corrected chi connectivity index (χ4v) is 5.23. The largest absolute Gasteiger partial charge is 0.351 e. The van der Waals surface area contributed by atoms with Crippen molar-refractivity contribution >= 4 is 43.2 Å². The number of nitrogens with zero attached hydrogens (tertiary/aromatic N) is 2. The molecule has 10 heteroatoms. The number of anilines is 1. The van der Waals surface area contributed by atoms with Crippen LogP contribution in [0, 0.1) is 0 Å². The minimum Gasteiger partial charge on any atom is -0.351 e. The van der Waals surface area contributed by atoms with E-state index in [-0.39, 0.29) is 15.7 Å². The van der Waals surface area contributed by atoms with E-state index < -0.39 is 10.0 Å².